The number of aryl methyl sites for hydroxylation is 1. The summed E-state index contributed by atoms with van der Waals surface area (Å²) < 4.78 is 8.08. The molecule has 2 heterocycles. The number of amides is 1. The second-order valence-corrected chi connectivity index (χ2v) is 7.78. The highest BCUT2D eigenvalue weighted by Crippen LogP contribution is 2.38. The first-order valence-electron chi connectivity index (χ1n) is 9.40. The Bertz CT molecular complexity index is 1070. The number of hydrogen-bond donors (Lipinski definition) is 1. The van der Waals surface area contributed by atoms with Crippen molar-refractivity contribution in [3.63, 3.8) is 0 Å². The van der Waals surface area contributed by atoms with Gasteiger partial charge < -0.3 is 10.1 Å². The lowest BCUT2D eigenvalue weighted by atomic mass is 9.85. The van der Waals surface area contributed by atoms with Gasteiger partial charge in [0.2, 0.25) is 5.91 Å². The summed E-state index contributed by atoms with van der Waals surface area (Å²) in [5.41, 5.74) is 2.86. The summed E-state index contributed by atoms with van der Waals surface area (Å²) in [6, 6.07) is 14.7. The third kappa shape index (κ3) is 3.70. The predicted molar refractivity (Wildman–Crippen MR) is 114 cm³/mol. The maximum Gasteiger partial charge on any atom is 0.226 e. The minimum absolute atomic E-state index is 0.0948. The van der Waals surface area contributed by atoms with E-state index < -0.39 is 5.92 Å². The molecule has 0 saturated heterocycles. The number of carbonyl (C=O) groups is 2. The lowest BCUT2D eigenvalue weighted by Crippen LogP contribution is -2.28. The molecule has 0 unspecified atom stereocenters. The van der Waals surface area contributed by atoms with Gasteiger partial charge in [0.05, 0.1) is 23.9 Å². The van der Waals surface area contributed by atoms with E-state index in [1.165, 1.54) is 0 Å². The summed E-state index contributed by atoms with van der Waals surface area (Å²) in [6.45, 7) is 4.34. The van der Waals surface area contributed by atoms with Crippen molar-refractivity contribution in [1.82, 2.24) is 9.78 Å². The standard InChI is InChI=1S/C22H20BrN3O3/c1-3-29-17-10-4-14(5-11-17)21(28)18-12-19(27)24-22-20(18)13(2)25-26(22)16-8-6-15(23)7-9-16/h4-11,18H,3,12H2,1-2H3,(H,24,27)/t18-/m0/s1. The molecule has 6 nitrogen and oxygen atoms in total. The first kappa shape index (κ1) is 19.4. The second kappa shape index (κ2) is 7.83. The molecule has 0 fully saturated rings. The molecule has 0 bridgehead atoms. The Balaban J connectivity index is 1.73. The summed E-state index contributed by atoms with van der Waals surface area (Å²) in [5, 5.41) is 7.51. The molecular weight excluding hydrogens is 434 g/mol. The number of nitrogens with zero attached hydrogens (tertiary/aromatic N) is 2. The van der Waals surface area contributed by atoms with Crippen LogP contribution in [-0.2, 0) is 4.79 Å². The van der Waals surface area contributed by atoms with Crippen LogP contribution in [0.25, 0.3) is 5.69 Å². The number of Topliss-reactive ketones (excluding diaryl/α,β-unsaturated/α-hetero) is 1. The van der Waals surface area contributed by atoms with Gasteiger partial charge in [-0.25, -0.2) is 4.68 Å². The van der Waals surface area contributed by atoms with Gasteiger partial charge in [0.15, 0.2) is 5.78 Å². The largest absolute Gasteiger partial charge is 0.494 e. The fourth-order valence-electron chi connectivity index (χ4n) is 3.62. The van der Waals surface area contributed by atoms with Gasteiger partial charge in [-0.3, -0.25) is 9.59 Å². The summed E-state index contributed by atoms with van der Waals surface area (Å²) in [7, 11) is 0. The van der Waals surface area contributed by atoms with E-state index in [2.05, 4.69) is 26.3 Å². The first-order valence-corrected chi connectivity index (χ1v) is 10.2. The first-order chi connectivity index (χ1) is 14.0. The number of fused-ring (bicyclic) bond motifs is 1. The molecule has 7 heteroatoms. The van der Waals surface area contributed by atoms with Crippen molar-refractivity contribution in [3.05, 3.63) is 69.8 Å². The average Bonchev–Trinajstić information content (AvgIpc) is 3.04. The van der Waals surface area contributed by atoms with Crippen LogP contribution in [0.5, 0.6) is 5.75 Å². The molecule has 0 aliphatic carbocycles. The van der Waals surface area contributed by atoms with Gasteiger partial charge in [0, 0.05) is 22.0 Å². The van der Waals surface area contributed by atoms with Crippen LogP contribution in [0.3, 0.4) is 0 Å². The van der Waals surface area contributed by atoms with Gasteiger partial charge in [0.1, 0.15) is 11.6 Å². The SMILES string of the molecule is CCOc1ccc(C(=O)[C@H]2CC(=O)Nc3c2c(C)nn3-c2ccc(Br)cc2)cc1. The summed E-state index contributed by atoms with van der Waals surface area (Å²) in [5.74, 6) is 0.416. The van der Waals surface area contributed by atoms with Crippen molar-refractivity contribution in [2.45, 2.75) is 26.2 Å². The van der Waals surface area contributed by atoms with E-state index in [4.69, 9.17) is 4.74 Å². The van der Waals surface area contributed by atoms with Crippen molar-refractivity contribution in [2.75, 3.05) is 11.9 Å². The zero-order valence-electron chi connectivity index (χ0n) is 16.1. The van der Waals surface area contributed by atoms with Crippen LogP contribution in [0.2, 0.25) is 0 Å². The van der Waals surface area contributed by atoms with Gasteiger partial charge in [0.25, 0.3) is 0 Å². The Hall–Kier alpha value is -2.93. The Labute approximate surface area is 177 Å². The summed E-state index contributed by atoms with van der Waals surface area (Å²) in [4.78, 5) is 25.7. The molecule has 3 aromatic rings. The molecule has 4 rings (SSSR count). The molecule has 2 aromatic carbocycles. The van der Waals surface area contributed by atoms with Crippen molar-refractivity contribution in [2.24, 2.45) is 0 Å². The monoisotopic (exact) mass is 453 g/mol. The number of nitrogens with one attached hydrogen (secondary N) is 1. The van der Waals surface area contributed by atoms with Crippen LogP contribution in [-0.4, -0.2) is 28.1 Å². The number of ether oxygens (including phenoxy) is 1. The number of halogens is 1. The number of hydrogen-bond acceptors (Lipinski definition) is 4. The zero-order valence-corrected chi connectivity index (χ0v) is 17.7. The van der Waals surface area contributed by atoms with E-state index in [0.29, 0.717) is 23.7 Å². The molecule has 1 aromatic heterocycles. The lowest BCUT2D eigenvalue weighted by Gasteiger charge is -2.23. The molecule has 1 aliphatic rings. The van der Waals surface area contributed by atoms with Gasteiger partial charge in [-0.2, -0.15) is 5.10 Å². The van der Waals surface area contributed by atoms with Crippen molar-refractivity contribution in [1.29, 1.82) is 0 Å². The van der Waals surface area contributed by atoms with Crippen LogP contribution in [0, 0.1) is 6.92 Å². The molecule has 1 N–H and O–H groups in total. The number of carbonyl (C=O) groups excluding carboxylic acids is 2. The maximum absolute atomic E-state index is 13.3. The topological polar surface area (TPSA) is 73.2 Å². The van der Waals surface area contributed by atoms with Gasteiger partial charge in [-0.15, -0.1) is 0 Å². The van der Waals surface area contributed by atoms with E-state index in [1.54, 1.807) is 28.9 Å². The Morgan fingerprint density at radius 3 is 2.55 bits per heavy atom. The lowest BCUT2D eigenvalue weighted by molar-refractivity contribution is -0.116. The van der Waals surface area contributed by atoms with E-state index in [9.17, 15) is 9.59 Å². The smallest absolute Gasteiger partial charge is 0.226 e. The molecule has 1 amide bonds. The number of anilines is 1. The molecule has 148 valence electrons. The molecular formula is C22H20BrN3O3. The van der Waals surface area contributed by atoms with Crippen LogP contribution < -0.4 is 10.1 Å². The second-order valence-electron chi connectivity index (χ2n) is 6.86. The molecule has 29 heavy (non-hydrogen) atoms. The Kier molecular flexibility index (Phi) is 5.24. The van der Waals surface area contributed by atoms with Gasteiger partial charge >= 0.3 is 0 Å². The molecule has 0 radical (unpaired) electrons. The minimum Gasteiger partial charge on any atom is -0.494 e. The van der Waals surface area contributed by atoms with Crippen LogP contribution >= 0.6 is 15.9 Å². The van der Waals surface area contributed by atoms with Crippen molar-refractivity contribution >= 4 is 33.4 Å². The fraction of sp³-hybridized carbons (Fsp3) is 0.227. The Morgan fingerprint density at radius 2 is 1.90 bits per heavy atom. The van der Waals surface area contributed by atoms with Crippen LogP contribution in [0.1, 0.15) is 40.9 Å². The van der Waals surface area contributed by atoms with E-state index in [-0.39, 0.29) is 18.1 Å². The summed E-state index contributed by atoms with van der Waals surface area (Å²) in [6.07, 6.45) is 0.103. The Morgan fingerprint density at radius 1 is 1.21 bits per heavy atom. The number of aromatic nitrogens is 2. The van der Waals surface area contributed by atoms with Crippen molar-refractivity contribution < 1.29 is 14.3 Å². The van der Waals surface area contributed by atoms with E-state index in [1.807, 2.05) is 38.1 Å². The van der Waals surface area contributed by atoms with Crippen LogP contribution in [0.4, 0.5) is 5.82 Å². The molecule has 0 spiro atoms. The maximum atomic E-state index is 13.3. The highest BCUT2D eigenvalue weighted by atomic mass is 79.9. The summed E-state index contributed by atoms with van der Waals surface area (Å²) >= 11 is 3.42. The molecule has 1 atom stereocenters. The normalized spacial score (nSPS) is 15.6. The molecule has 0 saturated carbocycles. The third-order valence-corrected chi connectivity index (χ3v) is 5.47. The average molecular weight is 454 g/mol. The highest BCUT2D eigenvalue weighted by Gasteiger charge is 2.36. The zero-order chi connectivity index (χ0) is 20.5. The predicted octanol–water partition coefficient (Wildman–Crippen LogP) is 4.65. The van der Waals surface area contributed by atoms with Crippen LogP contribution in [0.15, 0.2) is 53.0 Å². The molecule has 1 aliphatic heterocycles. The fourth-order valence-corrected chi connectivity index (χ4v) is 3.89. The van der Waals surface area contributed by atoms with E-state index >= 15 is 0 Å². The van der Waals surface area contributed by atoms with Crippen molar-refractivity contribution in [3.8, 4) is 11.4 Å². The van der Waals surface area contributed by atoms with E-state index in [0.717, 1.165) is 21.4 Å². The number of rotatable bonds is 5. The van der Waals surface area contributed by atoms with Gasteiger partial charge in [-0.1, -0.05) is 15.9 Å². The highest BCUT2D eigenvalue weighted by molar-refractivity contribution is 9.10. The van der Waals surface area contributed by atoms with Gasteiger partial charge in [-0.05, 0) is 62.4 Å². The third-order valence-electron chi connectivity index (χ3n) is 4.94. The number of benzene rings is 2. The number of ketones is 1. The quantitative estimate of drug-likeness (QED) is 0.570. The minimum atomic E-state index is -0.569.